The van der Waals surface area contributed by atoms with Gasteiger partial charge in [-0.15, -0.1) is 0 Å². The largest absolute Gasteiger partial charge is 0.569 e. The van der Waals surface area contributed by atoms with Crippen LogP contribution in [0.25, 0.3) is 5.69 Å². The second-order valence-electron chi connectivity index (χ2n) is 2.94. The molecular formula is C9H9BN3O2. The van der Waals surface area contributed by atoms with Crippen molar-refractivity contribution < 1.29 is 9.68 Å². The van der Waals surface area contributed by atoms with Crippen LogP contribution >= 0.6 is 0 Å². The summed E-state index contributed by atoms with van der Waals surface area (Å²) in [4.78, 5) is 4.03. The summed E-state index contributed by atoms with van der Waals surface area (Å²) in [5.41, 5.74) is 0.898. The van der Waals surface area contributed by atoms with Crippen LogP contribution in [0, 0.1) is 6.92 Å². The van der Waals surface area contributed by atoms with Gasteiger partial charge >= 0.3 is 7.69 Å². The van der Waals surface area contributed by atoms with Crippen molar-refractivity contribution >= 4 is 7.69 Å². The van der Waals surface area contributed by atoms with E-state index in [1.807, 2.05) is 19.1 Å². The van der Waals surface area contributed by atoms with Gasteiger partial charge in [0.05, 0.1) is 5.69 Å². The molecular weight excluding hydrogens is 193 g/mol. The maximum absolute atomic E-state index is 8.44. The third-order valence-electron chi connectivity index (χ3n) is 1.99. The van der Waals surface area contributed by atoms with Gasteiger partial charge in [0.25, 0.3) is 0 Å². The second-order valence-corrected chi connectivity index (χ2v) is 2.94. The highest BCUT2D eigenvalue weighted by atomic mass is 16.5. The Morgan fingerprint density at radius 2 is 2.07 bits per heavy atom. The highest BCUT2D eigenvalue weighted by molar-refractivity contribution is 6.17. The molecule has 2 rings (SSSR count). The average molecular weight is 202 g/mol. The Kier molecular flexibility index (Phi) is 2.69. The summed E-state index contributed by atoms with van der Waals surface area (Å²) in [5, 5.41) is 12.5. The van der Waals surface area contributed by atoms with Gasteiger partial charge in [0.2, 0.25) is 0 Å². The maximum Gasteiger partial charge on any atom is 0.569 e. The smallest absolute Gasteiger partial charge is 0.537 e. The number of aromatic nitrogens is 3. The van der Waals surface area contributed by atoms with Crippen LogP contribution in [0.5, 0.6) is 5.75 Å². The maximum atomic E-state index is 8.44. The number of benzene rings is 1. The summed E-state index contributed by atoms with van der Waals surface area (Å²) >= 11 is 0. The van der Waals surface area contributed by atoms with Gasteiger partial charge < -0.3 is 9.68 Å². The minimum Gasteiger partial charge on any atom is -0.537 e. The summed E-state index contributed by atoms with van der Waals surface area (Å²) in [5.74, 6) is 1.39. The van der Waals surface area contributed by atoms with Crippen molar-refractivity contribution in [1.29, 1.82) is 0 Å². The van der Waals surface area contributed by atoms with E-state index in [9.17, 15) is 0 Å². The lowest BCUT2D eigenvalue weighted by molar-refractivity contribution is 0.453. The van der Waals surface area contributed by atoms with Gasteiger partial charge in [0.15, 0.2) is 0 Å². The van der Waals surface area contributed by atoms with Crippen LogP contribution in [0.4, 0.5) is 0 Å². The van der Waals surface area contributed by atoms with Crippen LogP contribution in [-0.2, 0) is 0 Å². The first-order chi connectivity index (χ1) is 7.31. The molecule has 1 aromatic carbocycles. The fraction of sp³-hybridized carbons (Fsp3) is 0.111. The summed E-state index contributed by atoms with van der Waals surface area (Å²) in [7, 11) is 0.649. The second kappa shape index (κ2) is 4.14. The van der Waals surface area contributed by atoms with Crippen molar-refractivity contribution in [2.45, 2.75) is 6.92 Å². The van der Waals surface area contributed by atoms with Crippen molar-refractivity contribution in [3.05, 3.63) is 36.4 Å². The fourth-order valence-corrected chi connectivity index (χ4v) is 1.28. The minimum atomic E-state index is 0.569. The topological polar surface area (TPSA) is 60.2 Å². The van der Waals surface area contributed by atoms with Crippen LogP contribution in [0.1, 0.15) is 5.82 Å². The molecule has 0 spiro atoms. The summed E-state index contributed by atoms with van der Waals surface area (Å²) in [6.07, 6.45) is 1.50. The zero-order valence-electron chi connectivity index (χ0n) is 8.16. The van der Waals surface area contributed by atoms with E-state index >= 15 is 0 Å². The molecule has 0 saturated carbocycles. The molecule has 2 aromatic rings. The third-order valence-corrected chi connectivity index (χ3v) is 1.99. The van der Waals surface area contributed by atoms with Gasteiger partial charge in [-0.1, -0.05) is 0 Å². The van der Waals surface area contributed by atoms with Gasteiger partial charge in [-0.2, -0.15) is 5.10 Å². The number of rotatable bonds is 3. The van der Waals surface area contributed by atoms with Crippen molar-refractivity contribution in [2.24, 2.45) is 0 Å². The lowest BCUT2D eigenvalue weighted by Crippen LogP contribution is -2.01. The van der Waals surface area contributed by atoms with Gasteiger partial charge in [0.1, 0.15) is 17.9 Å². The zero-order valence-corrected chi connectivity index (χ0v) is 8.16. The zero-order chi connectivity index (χ0) is 10.7. The average Bonchev–Trinajstić information content (AvgIpc) is 2.66. The Morgan fingerprint density at radius 3 is 2.60 bits per heavy atom. The van der Waals surface area contributed by atoms with E-state index in [2.05, 4.69) is 10.1 Å². The molecule has 1 radical (unpaired) electrons. The molecule has 1 N–H and O–H groups in total. The normalized spacial score (nSPS) is 10.0. The number of hydrogen-bond donors (Lipinski definition) is 1. The molecule has 0 aliphatic carbocycles. The highest BCUT2D eigenvalue weighted by Gasteiger charge is 2.01. The monoisotopic (exact) mass is 202 g/mol. The molecule has 75 valence electrons. The standard InChI is InChI=1S/C9H9BN3O2/c1-7-11-6-12-13(7)8-2-4-9(5-3-8)15-10-14/h2-6,14H,1H3. The van der Waals surface area contributed by atoms with E-state index < -0.39 is 0 Å². The quantitative estimate of drug-likeness (QED) is 0.735. The summed E-state index contributed by atoms with van der Waals surface area (Å²) < 4.78 is 6.51. The van der Waals surface area contributed by atoms with Crippen LogP contribution in [-0.4, -0.2) is 27.5 Å². The minimum absolute atomic E-state index is 0.569. The van der Waals surface area contributed by atoms with E-state index in [0.717, 1.165) is 11.5 Å². The summed E-state index contributed by atoms with van der Waals surface area (Å²) in [6.45, 7) is 1.87. The first-order valence-corrected chi connectivity index (χ1v) is 4.41. The van der Waals surface area contributed by atoms with Crippen molar-refractivity contribution in [3.8, 4) is 11.4 Å². The predicted molar refractivity (Wildman–Crippen MR) is 54.7 cm³/mol. The van der Waals surface area contributed by atoms with Crippen LogP contribution in [0.2, 0.25) is 0 Å². The molecule has 0 bridgehead atoms. The van der Waals surface area contributed by atoms with E-state index in [1.165, 1.54) is 6.33 Å². The molecule has 0 aliphatic heterocycles. The molecule has 6 heteroatoms. The lowest BCUT2D eigenvalue weighted by Gasteiger charge is -2.04. The highest BCUT2D eigenvalue weighted by Crippen LogP contribution is 2.14. The molecule has 0 unspecified atom stereocenters. The van der Waals surface area contributed by atoms with Crippen LogP contribution in [0.3, 0.4) is 0 Å². The van der Waals surface area contributed by atoms with E-state index in [0.29, 0.717) is 13.4 Å². The van der Waals surface area contributed by atoms with Crippen molar-refractivity contribution in [1.82, 2.24) is 14.8 Å². The van der Waals surface area contributed by atoms with Gasteiger partial charge in [-0.3, -0.25) is 0 Å². The number of nitrogens with zero attached hydrogens (tertiary/aromatic N) is 3. The molecule has 1 aromatic heterocycles. The Bertz CT molecular complexity index is 441. The fourth-order valence-electron chi connectivity index (χ4n) is 1.28. The molecule has 0 saturated heterocycles. The van der Waals surface area contributed by atoms with Gasteiger partial charge in [-0.25, -0.2) is 9.67 Å². The molecule has 1 heterocycles. The Labute approximate surface area is 87.6 Å². The first kappa shape index (κ1) is 9.73. The van der Waals surface area contributed by atoms with Crippen molar-refractivity contribution in [2.75, 3.05) is 0 Å². The first-order valence-electron chi connectivity index (χ1n) is 4.41. The molecule has 0 fully saturated rings. The van der Waals surface area contributed by atoms with E-state index in [-0.39, 0.29) is 0 Å². The number of hydrogen-bond acceptors (Lipinski definition) is 4. The van der Waals surface area contributed by atoms with Crippen LogP contribution < -0.4 is 4.65 Å². The van der Waals surface area contributed by atoms with E-state index in [1.54, 1.807) is 16.8 Å². The molecule has 0 atom stereocenters. The lowest BCUT2D eigenvalue weighted by atomic mass is 10.3. The Morgan fingerprint density at radius 1 is 1.33 bits per heavy atom. The molecule has 0 aliphatic rings. The Hall–Kier alpha value is -1.82. The van der Waals surface area contributed by atoms with E-state index in [4.69, 9.17) is 9.68 Å². The number of aryl methyl sites for hydroxylation is 1. The molecule has 5 nitrogen and oxygen atoms in total. The summed E-state index contributed by atoms with van der Waals surface area (Å²) in [6, 6.07) is 7.15. The SMILES string of the molecule is Cc1ncnn1-c1ccc(O[B]O)cc1. The molecule has 15 heavy (non-hydrogen) atoms. The third kappa shape index (κ3) is 1.99. The van der Waals surface area contributed by atoms with Crippen LogP contribution in [0.15, 0.2) is 30.6 Å². The van der Waals surface area contributed by atoms with Gasteiger partial charge in [-0.05, 0) is 31.2 Å². The molecule has 0 amide bonds. The van der Waals surface area contributed by atoms with Crippen molar-refractivity contribution in [3.63, 3.8) is 0 Å². The predicted octanol–water partition coefficient (Wildman–Crippen LogP) is 0.481. The van der Waals surface area contributed by atoms with Gasteiger partial charge in [0, 0.05) is 0 Å². The Balaban J connectivity index is 2.28.